The highest BCUT2D eigenvalue weighted by Gasteiger charge is 2.32. The molecule has 2 aromatic rings. The number of hydrogen-bond acceptors (Lipinski definition) is 4. The van der Waals surface area contributed by atoms with Gasteiger partial charge in [0.2, 0.25) is 0 Å². The number of anilines is 1. The van der Waals surface area contributed by atoms with E-state index in [2.05, 4.69) is 4.98 Å². The fourth-order valence-electron chi connectivity index (χ4n) is 2.43. The quantitative estimate of drug-likeness (QED) is 0.916. The Morgan fingerprint density at radius 2 is 2.16 bits per heavy atom. The third kappa shape index (κ3) is 1.98. The molecular formula is C14H17N3OS. The molecule has 3 rings (SSSR count). The first kappa shape index (κ1) is 12.4. The number of rotatable bonds is 2. The maximum absolute atomic E-state index is 12.4. The van der Waals surface area contributed by atoms with Gasteiger partial charge in [-0.1, -0.05) is 0 Å². The Hall–Kier alpha value is -1.62. The zero-order valence-electron chi connectivity index (χ0n) is 11.4. The van der Waals surface area contributed by atoms with E-state index in [4.69, 9.17) is 5.73 Å². The predicted molar refractivity (Wildman–Crippen MR) is 78.6 cm³/mol. The van der Waals surface area contributed by atoms with Crippen LogP contribution < -0.4 is 5.73 Å². The van der Waals surface area contributed by atoms with E-state index in [0.717, 1.165) is 34.3 Å². The van der Waals surface area contributed by atoms with Crippen molar-refractivity contribution in [3.8, 4) is 0 Å². The Kier molecular flexibility index (Phi) is 2.74. The second-order valence-electron chi connectivity index (χ2n) is 5.21. The highest BCUT2D eigenvalue weighted by Crippen LogP contribution is 2.37. The van der Waals surface area contributed by atoms with Gasteiger partial charge in [-0.3, -0.25) is 9.78 Å². The first-order chi connectivity index (χ1) is 8.99. The molecule has 0 spiro atoms. The summed E-state index contributed by atoms with van der Waals surface area (Å²) in [5.41, 5.74) is 8.62. The average molecular weight is 275 g/mol. The second kappa shape index (κ2) is 4.20. The van der Waals surface area contributed by atoms with Crippen molar-refractivity contribution in [1.82, 2.24) is 9.88 Å². The van der Waals surface area contributed by atoms with E-state index in [1.54, 1.807) is 0 Å². The van der Waals surface area contributed by atoms with Gasteiger partial charge < -0.3 is 10.6 Å². The molecule has 4 nitrogen and oxygen atoms in total. The number of fused-ring (bicyclic) bond motifs is 1. The lowest BCUT2D eigenvalue weighted by atomic mass is 10.2. The van der Waals surface area contributed by atoms with Crippen molar-refractivity contribution in [2.45, 2.75) is 32.7 Å². The summed E-state index contributed by atoms with van der Waals surface area (Å²) in [5.74, 6) is 0.0400. The molecule has 0 saturated heterocycles. The molecule has 2 N–H and O–H groups in total. The highest BCUT2D eigenvalue weighted by molar-refractivity contribution is 7.21. The van der Waals surface area contributed by atoms with Crippen LogP contribution >= 0.6 is 11.3 Å². The van der Waals surface area contributed by atoms with Crippen LogP contribution in [0, 0.1) is 13.8 Å². The van der Waals surface area contributed by atoms with Crippen molar-refractivity contribution in [1.29, 1.82) is 0 Å². The second-order valence-corrected chi connectivity index (χ2v) is 6.27. The molecular weight excluding hydrogens is 258 g/mol. The number of carbonyl (C=O) groups is 1. The number of nitrogens with zero attached hydrogens (tertiary/aromatic N) is 2. The number of aromatic nitrogens is 1. The summed E-state index contributed by atoms with van der Waals surface area (Å²) >= 11 is 1.48. The minimum Gasteiger partial charge on any atom is -0.397 e. The molecule has 1 aliphatic carbocycles. The van der Waals surface area contributed by atoms with Gasteiger partial charge in [-0.05, 0) is 32.8 Å². The number of nitrogens with two attached hydrogens (primary N) is 1. The Labute approximate surface area is 116 Å². The van der Waals surface area contributed by atoms with Crippen LogP contribution in [0.2, 0.25) is 0 Å². The fraction of sp³-hybridized carbons (Fsp3) is 0.429. The van der Waals surface area contributed by atoms with Gasteiger partial charge in [0.15, 0.2) is 0 Å². The molecule has 0 atom stereocenters. The van der Waals surface area contributed by atoms with Crippen LogP contribution in [0.5, 0.6) is 0 Å². The van der Waals surface area contributed by atoms with E-state index in [0.29, 0.717) is 16.6 Å². The molecule has 19 heavy (non-hydrogen) atoms. The van der Waals surface area contributed by atoms with Gasteiger partial charge in [0.1, 0.15) is 4.88 Å². The molecule has 0 radical (unpaired) electrons. The molecule has 0 aromatic carbocycles. The van der Waals surface area contributed by atoms with Gasteiger partial charge in [-0.25, -0.2) is 0 Å². The molecule has 1 aliphatic rings. The van der Waals surface area contributed by atoms with E-state index in [-0.39, 0.29) is 5.91 Å². The first-order valence-corrected chi connectivity index (χ1v) is 7.24. The third-order valence-corrected chi connectivity index (χ3v) is 4.77. The standard InChI is InChI=1S/C14H17N3OS/c1-7-6-10-11(8(2)16-7)12(15)13(19-10)14(18)17(3)9-4-5-9/h6,9H,4-5,15H2,1-3H3. The van der Waals surface area contributed by atoms with Crippen molar-refractivity contribution in [2.75, 3.05) is 12.8 Å². The topological polar surface area (TPSA) is 59.2 Å². The first-order valence-electron chi connectivity index (χ1n) is 6.42. The van der Waals surface area contributed by atoms with E-state index in [1.807, 2.05) is 31.9 Å². The molecule has 5 heteroatoms. The summed E-state index contributed by atoms with van der Waals surface area (Å²) < 4.78 is 1.05. The number of thiophene rings is 1. The molecule has 1 saturated carbocycles. The SMILES string of the molecule is Cc1cc2sc(C(=O)N(C)C3CC3)c(N)c2c(C)n1. The number of carbonyl (C=O) groups excluding carboxylic acids is 1. The average Bonchev–Trinajstić information content (AvgIpc) is 3.12. The molecule has 100 valence electrons. The molecule has 1 fully saturated rings. The maximum atomic E-state index is 12.4. The lowest BCUT2D eigenvalue weighted by Crippen LogP contribution is -2.28. The number of hydrogen-bond donors (Lipinski definition) is 1. The molecule has 2 heterocycles. The summed E-state index contributed by atoms with van der Waals surface area (Å²) in [6.45, 7) is 3.90. The molecule has 2 aromatic heterocycles. The maximum Gasteiger partial charge on any atom is 0.266 e. The molecule has 0 bridgehead atoms. The fourth-order valence-corrected chi connectivity index (χ4v) is 3.68. The minimum absolute atomic E-state index is 0.0400. The smallest absolute Gasteiger partial charge is 0.266 e. The number of amides is 1. The van der Waals surface area contributed by atoms with E-state index >= 15 is 0 Å². The number of pyridine rings is 1. The summed E-state index contributed by atoms with van der Waals surface area (Å²) in [5, 5.41) is 0.933. The Balaban J connectivity index is 2.11. The van der Waals surface area contributed by atoms with Gasteiger partial charge in [0.25, 0.3) is 5.91 Å². The normalized spacial score (nSPS) is 14.9. The predicted octanol–water partition coefficient (Wildman–Crippen LogP) is 2.73. The minimum atomic E-state index is 0.0400. The molecule has 0 unspecified atom stereocenters. The largest absolute Gasteiger partial charge is 0.397 e. The zero-order valence-corrected chi connectivity index (χ0v) is 12.2. The summed E-state index contributed by atoms with van der Waals surface area (Å²) in [7, 11) is 1.86. The van der Waals surface area contributed by atoms with Crippen molar-refractivity contribution < 1.29 is 4.79 Å². The van der Waals surface area contributed by atoms with Gasteiger partial charge in [-0.15, -0.1) is 11.3 Å². The van der Waals surface area contributed by atoms with E-state index < -0.39 is 0 Å². The van der Waals surface area contributed by atoms with Crippen molar-refractivity contribution in [3.63, 3.8) is 0 Å². The van der Waals surface area contributed by atoms with Crippen LogP contribution in [-0.4, -0.2) is 28.9 Å². The van der Waals surface area contributed by atoms with Crippen LogP contribution in [0.3, 0.4) is 0 Å². The molecule has 0 aliphatic heterocycles. The van der Waals surface area contributed by atoms with Crippen LogP contribution in [0.4, 0.5) is 5.69 Å². The Morgan fingerprint density at radius 1 is 1.47 bits per heavy atom. The van der Waals surface area contributed by atoms with Gasteiger partial charge in [0, 0.05) is 34.6 Å². The summed E-state index contributed by atoms with van der Waals surface area (Å²) in [6, 6.07) is 2.40. The van der Waals surface area contributed by atoms with E-state index in [1.165, 1.54) is 11.3 Å². The highest BCUT2D eigenvalue weighted by atomic mass is 32.1. The van der Waals surface area contributed by atoms with E-state index in [9.17, 15) is 4.79 Å². The van der Waals surface area contributed by atoms with Gasteiger partial charge in [-0.2, -0.15) is 0 Å². The van der Waals surface area contributed by atoms with Crippen molar-refractivity contribution >= 4 is 33.0 Å². The molecule has 1 amide bonds. The van der Waals surface area contributed by atoms with Gasteiger partial charge in [0.05, 0.1) is 5.69 Å². The lowest BCUT2D eigenvalue weighted by Gasteiger charge is -2.15. The summed E-state index contributed by atoms with van der Waals surface area (Å²) in [4.78, 5) is 19.3. The van der Waals surface area contributed by atoms with Crippen molar-refractivity contribution in [2.24, 2.45) is 0 Å². The Morgan fingerprint density at radius 3 is 2.79 bits per heavy atom. The van der Waals surface area contributed by atoms with Crippen LogP contribution in [0.25, 0.3) is 10.1 Å². The van der Waals surface area contributed by atoms with Gasteiger partial charge >= 0.3 is 0 Å². The summed E-state index contributed by atoms with van der Waals surface area (Å²) in [6.07, 6.45) is 2.21. The third-order valence-electron chi connectivity index (χ3n) is 3.63. The number of nitrogen functional groups attached to an aromatic ring is 1. The van der Waals surface area contributed by atoms with Crippen LogP contribution in [-0.2, 0) is 0 Å². The van der Waals surface area contributed by atoms with Crippen LogP contribution in [0.1, 0.15) is 33.9 Å². The zero-order chi connectivity index (χ0) is 13.7. The Bertz CT molecular complexity index is 673. The van der Waals surface area contributed by atoms with Crippen molar-refractivity contribution in [3.05, 3.63) is 22.3 Å². The number of aryl methyl sites for hydroxylation is 2. The monoisotopic (exact) mass is 275 g/mol. The van der Waals surface area contributed by atoms with Crippen LogP contribution in [0.15, 0.2) is 6.07 Å². The lowest BCUT2D eigenvalue weighted by molar-refractivity contribution is 0.0791.